The van der Waals surface area contributed by atoms with Crippen molar-refractivity contribution in [2.24, 2.45) is 0 Å². The number of aromatic amines is 1. The predicted molar refractivity (Wildman–Crippen MR) is 77.3 cm³/mol. The molecule has 0 fully saturated rings. The number of ether oxygens (including phenoxy) is 2. The molecule has 3 aromatic rings. The molecular formula is C16H15NO3. The Morgan fingerprint density at radius 1 is 1.05 bits per heavy atom. The Morgan fingerprint density at radius 3 is 2.65 bits per heavy atom. The molecule has 1 heterocycles. The molecule has 2 N–H and O–H groups in total. The van der Waals surface area contributed by atoms with Gasteiger partial charge in [0.05, 0.1) is 12.8 Å². The summed E-state index contributed by atoms with van der Waals surface area (Å²) in [6, 6.07) is 14.7. The van der Waals surface area contributed by atoms with Crippen molar-refractivity contribution in [3.8, 4) is 17.2 Å². The Morgan fingerprint density at radius 2 is 1.85 bits per heavy atom. The molecule has 0 saturated heterocycles. The first-order chi connectivity index (χ1) is 9.76. The van der Waals surface area contributed by atoms with E-state index in [0.717, 1.165) is 16.6 Å². The van der Waals surface area contributed by atoms with Gasteiger partial charge in [0.15, 0.2) is 11.5 Å². The predicted octanol–water partition coefficient (Wildman–Crippen LogP) is 3.46. The standard InChI is InChI=1S/C16H15NO3/c1-19-15-4-2-3-5-16(15)20-10-12-8-11-9-13(18)6-7-14(11)17-12/h2-9,17-18H,10H2,1H3. The van der Waals surface area contributed by atoms with Gasteiger partial charge >= 0.3 is 0 Å². The lowest BCUT2D eigenvalue weighted by Crippen LogP contribution is -1.97. The van der Waals surface area contributed by atoms with Crippen molar-refractivity contribution >= 4 is 10.9 Å². The van der Waals surface area contributed by atoms with Gasteiger partial charge in [0.1, 0.15) is 12.4 Å². The van der Waals surface area contributed by atoms with E-state index in [2.05, 4.69) is 4.98 Å². The van der Waals surface area contributed by atoms with Gasteiger partial charge in [-0.15, -0.1) is 0 Å². The smallest absolute Gasteiger partial charge is 0.161 e. The third-order valence-corrected chi connectivity index (χ3v) is 3.11. The molecule has 0 amide bonds. The summed E-state index contributed by atoms with van der Waals surface area (Å²) < 4.78 is 11.0. The average Bonchev–Trinajstić information content (AvgIpc) is 2.87. The van der Waals surface area contributed by atoms with E-state index >= 15 is 0 Å². The summed E-state index contributed by atoms with van der Waals surface area (Å²) in [5.41, 5.74) is 1.91. The van der Waals surface area contributed by atoms with E-state index in [1.165, 1.54) is 0 Å². The average molecular weight is 269 g/mol. The number of para-hydroxylation sites is 2. The van der Waals surface area contributed by atoms with Crippen molar-refractivity contribution in [3.63, 3.8) is 0 Å². The third kappa shape index (κ3) is 2.40. The van der Waals surface area contributed by atoms with Crippen LogP contribution in [0.3, 0.4) is 0 Å². The number of benzene rings is 2. The van der Waals surface area contributed by atoms with Crippen LogP contribution in [0, 0.1) is 0 Å². The van der Waals surface area contributed by atoms with E-state index < -0.39 is 0 Å². The van der Waals surface area contributed by atoms with Gasteiger partial charge < -0.3 is 19.6 Å². The highest BCUT2D eigenvalue weighted by Crippen LogP contribution is 2.27. The highest BCUT2D eigenvalue weighted by molar-refractivity contribution is 5.81. The molecule has 3 rings (SSSR count). The number of phenolic OH excluding ortho intramolecular Hbond substituents is 1. The highest BCUT2D eigenvalue weighted by Gasteiger charge is 2.05. The van der Waals surface area contributed by atoms with Crippen molar-refractivity contribution in [2.75, 3.05) is 7.11 Å². The van der Waals surface area contributed by atoms with Crippen molar-refractivity contribution in [3.05, 3.63) is 54.2 Å². The van der Waals surface area contributed by atoms with Crippen molar-refractivity contribution in [2.45, 2.75) is 6.61 Å². The van der Waals surface area contributed by atoms with Gasteiger partial charge in [-0.3, -0.25) is 0 Å². The first-order valence-corrected chi connectivity index (χ1v) is 6.33. The lowest BCUT2D eigenvalue weighted by atomic mass is 10.2. The quantitative estimate of drug-likeness (QED) is 0.762. The zero-order valence-electron chi connectivity index (χ0n) is 11.1. The monoisotopic (exact) mass is 269 g/mol. The molecule has 0 bridgehead atoms. The zero-order valence-corrected chi connectivity index (χ0v) is 11.1. The van der Waals surface area contributed by atoms with Crippen LogP contribution in [0.25, 0.3) is 10.9 Å². The Bertz CT molecular complexity index is 733. The maximum absolute atomic E-state index is 9.45. The Labute approximate surface area is 116 Å². The van der Waals surface area contributed by atoms with Crippen LogP contribution in [-0.2, 0) is 6.61 Å². The molecule has 4 heteroatoms. The van der Waals surface area contributed by atoms with Gasteiger partial charge in [-0.05, 0) is 36.4 Å². The molecule has 20 heavy (non-hydrogen) atoms. The van der Waals surface area contributed by atoms with E-state index in [1.807, 2.05) is 36.4 Å². The molecule has 0 unspecified atom stereocenters. The largest absolute Gasteiger partial charge is 0.508 e. The van der Waals surface area contributed by atoms with E-state index in [-0.39, 0.29) is 5.75 Å². The van der Waals surface area contributed by atoms with Crippen LogP contribution in [0.2, 0.25) is 0 Å². The summed E-state index contributed by atoms with van der Waals surface area (Å²) in [5.74, 6) is 1.67. The van der Waals surface area contributed by atoms with Gasteiger partial charge in [0.25, 0.3) is 0 Å². The van der Waals surface area contributed by atoms with Crippen LogP contribution in [0.1, 0.15) is 5.69 Å². The van der Waals surface area contributed by atoms with Crippen molar-refractivity contribution in [1.82, 2.24) is 4.98 Å². The summed E-state index contributed by atoms with van der Waals surface area (Å²) in [6.45, 7) is 0.413. The molecule has 0 aliphatic heterocycles. The molecule has 4 nitrogen and oxygen atoms in total. The minimum Gasteiger partial charge on any atom is -0.508 e. The zero-order chi connectivity index (χ0) is 13.9. The fraction of sp³-hybridized carbons (Fsp3) is 0.125. The summed E-state index contributed by atoms with van der Waals surface area (Å²) >= 11 is 0. The SMILES string of the molecule is COc1ccccc1OCc1cc2cc(O)ccc2[nH]1. The van der Waals surface area contributed by atoms with Crippen molar-refractivity contribution in [1.29, 1.82) is 0 Å². The molecular weight excluding hydrogens is 254 g/mol. The van der Waals surface area contributed by atoms with Crippen LogP contribution in [0.15, 0.2) is 48.5 Å². The summed E-state index contributed by atoms with van der Waals surface area (Å²) in [5, 5.41) is 10.4. The molecule has 102 valence electrons. The van der Waals surface area contributed by atoms with Crippen LogP contribution in [-0.4, -0.2) is 17.2 Å². The number of rotatable bonds is 4. The van der Waals surface area contributed by atoms with Crippen LogP contribution >= 0.6 is 0 Å². The Kier molecular flexibility index (Phi) is 3.21. The van der Waals surface area contributed by atoms with Gasteiger partial charge in [-0.1, -0.05) is 12.1 Å². The number of fused-ring (bicyclic) bond motifs is 1. The molecule has 0 atom stereocenters. The number of H-pyrrole nitrogens is 1. The molecule has 0 spiro atoms. The normalized spacial score (nSPS) is 10.7. The Balaban J connectivity index is 1.79. The second-order valence-corrected chi connectivity index (χ2v) is 4.51. The summed E-state index contributed by atoms with van der Waals surface area (Å²) in [7, 11) is 1.62. The number of hydrogen-bond acceptors (Lipinski definition) is 3. The molecule has 2 aromatic carbocycles. The summed E-state index contributed by atoms with van der Waals surface area (Å²) in [6.07, 6.45) is 0. The number of phenols is 1. The second-order valence-electron chi connectivity index (χ2n) is 4.51. The summed E-state index contributed by atoms with van der Waals surface area (Å²) in [4.78, 5) is 3.25. The first kappa shape index (κ1) is 12.4. The molecule has 0 saturated carbocycles. The molecule has 0 radical (unpaired) electrons. The number of methoxy groups -OCH3 is 1. The van der Waals surface area contributed by atoms with Crippen LogP contribution < -0.4 is 9.47 Å². The third-order valence-electron chi connectivity index (χ3n) is 3.11. The number of nitrogens with one attached hydrogen (secondary N) is 1. The van der Waals surface area contributed by atoms with Gasteiger partial charge in [0.2, 0.25) is 0 Å². The lowest BCUT2D eigenvalue weighted by molar-refractivity contribution is 0.281. The highest BCUT2D eigenvalue weighted by atomic mass is 16.5. The van der Waals surface area contributed by atoms with Gasteiger partial charge in [0, 0.05) is 10.9 Å². The minimum absolute atomic E-state index is 0.258. The maximum Gasteiger partial charge on any atom is 0.161 e. The minimum atomic E-state index is 0.258. The van der Waals surface area contributed by atoms with E-state index in [4.69, 9.17) is 9.47 Å². The van der Waals surface area contributed by atoms with Crippen LogP contribution in [0.4, 0.5) is 0 Å². The topological polar surface area (TPSA) is 54.5 Å². The van der Waals surface area contributed by atoms with Crippen molar-refractivity contribution < 1.29 is 14.6 Å². The second kappa shape index (κ2) is 5.17. The van der Waals surface area contributed by atoms with Gasteiger partial charge in [-0.25, -0.2) is 0 Å². The number of aromatic hydroxyl groups is 1. The van der Waals surface area contributed by atoms with Gasteiger partial charge in [-0.2, -0.15) is 0 Å². The lowest BCUT2D eigenvalue weighted by Gasteiger charge is -2.09. The molecule has 0 aliphatic carbocycles. The van der Waals surface area contributed by atoms with Crippen LogP contribution in [0.5, 0.6) is 17.2 Å². The Hall–Kier alpha value is -2.62. The fourth-order valence-corrected chi connectivity index (χ4v) is 2.15. The number of hydrogen-bond donors (Lipinski definition) is 2. The maximum atomic E-state index is 9.45. The molecule has 1 aromatic heterocycles. The first-order valence-electron chi connectivity index (χ1n) is 6.33. The van der Waals surface area contributed by atoms with E-state index in [0.29, 0.717) is 18.1 Å². The van der Waals surface area contributed by atoms with E-state index in [1.54, 1.807) is 19.2 Å². The van der Waals surface area contributed by atoms with E-state index in [9.17, 15) is 5.11 Å². The number of aromatic nitrogens is 1. The fourth-order valence-electron chi connectivity index (χ4n) is 2.15. The molecule has 0 aliphatic rings.